The summed E-state index contributed by atoms with van der Waals surface area (Å²) < 4.78 is 3.52. The van der Waals surface area contributed by atoms with Crippen LogP contribution in [0.4, 0.5) is 5.69 Å². The number of aryl methyl sites for hydroxylation is 2. The van der Waals surface area contributed by atoms with E-state index in [1.807, 2.05) is 37.4 Å². The predicted octanol–water partition coefficient (Wildman–Crippen LogP) is 3.12. The third kappa shape index (κ3) is 4.45. The summed E-state index contributed by atoms with van der Waals surface area (Å²) in [5, 5.41) is 11.8. The van der Waals surface area contributed by atoms with Gasteiger partial charge in [-0.15, -0.1) is 0 Å². The average molecular weight is 344 g/mol. The van der Waals surface area contributed by atoms with Gasteiger partial charge in [0.15, 0.2) is 0 Å². The van der Waals surface area contributed by atoms with Crippen LogP contribution in [-0.4, -0.2) is 25.5 Å². The first kappa shape index (κ1) is 16.3. The molecule has 0 fully saturated rings. The smallest absolute Gasteiger partial charge is 0.226 e. The Kier molecular flexibility index (Phi) is 4.96. The molecule has 0 spiro atoms. The molecule has 1 N–H and O–H groups in total. The Bertz CT molecular complexity index is 839. The van der Waals surface area contributed by atoms with Gasteiger partial charge in [-0.1, -0.05) is 23.7 Å². The number of benzene rings is 1. The van der Waals surface area contributed by atoms with E-state index in [1.54, 1.807) is 28.0 Å². The lowest BCUT2D eigenvalue weighted by atomic mass is 10.2. The maximum atomic E-state index is 12.1. The first-order valence-corrected chi connectivity index (χ1v) is 8.02. The second-order valence-corrected chi connectivity index (χ2v) is 6.07. The molecule has 0 aliphatic carbocycles. The van der Waals surface area contributed by atoms with E-state index < -0.39 is 0 Å². The maximum absolute atomic E-state index is 12.1. The van der Waals surface area contributed by atoms with Crippen LogP contribution in [0.2, 0.25) is 5.02 Å². The molecule has 0 bridgehead atoms. The number of carbonyl (C=O) groups excluding carboxylic acids is 1. The lowest BCUT2D eigenvalue weighted by Crippen LogP contribution is -2.15. The Balaban J connectivity index is 1.56. The molecule has 0 radical (unpaired) electrons. The number of rotatable bonds is 6. The van der Waals surface area contributed by atoms with Crippen LogP contribution in [-0.2, 0) is 17.9 Å². The number of amides is 1. The van der Waals surface area contributed by atoms with Crippen LogP contribution in [0.1, 0.15) is 17.5 Å². The summed E-state index contributed by atoms with van der Waals surface area (Å²) in [5.41, 5.74) is 2.89. The Morgan fingerprint density at radius 3 is 2.75 bits per heavy atom. The summed E-state index contributed by atoms with van der Waals surface area (Å²) in [4.78, 5) is 12.1. The highest BCUT2D eigenvalue weighted by atomic mass is 35.5. The molecule has 1 aromatic carbocycles. The van der Waals surface area contributed by atoms with Gasteiger partial charge in [-0.3, -0.25) is 14.2 Å². The normalized spacial score (nSPS) is 10.8. The fraction of sp³-hybridized carbons (Fsp3) is 0.235. The fourth-order valence-electron chi connectivity index (χ4n) is 2.39. The summed E-state index contributed by atoms with van der Waals surface area (Å²) in [6.45, 7) is 3.13. The fourth-order valence-corrected chi connectivity index (χ4v) is 2.54. The van der Waals surface area contributed by atoms with Crippen LogP contribution in [0.25, 0.3) is 0 Å². The largest absolute Gasteiger partial charge is 0.326 e. The highest BCUT2D eigenvalue weighted by Crippen LogP contribution is 2.13. The first-order valence-electron chi connectivity index (χ1n) is 7.64. The monoisotopic (exact) mass is 343 g/mol. The number of anilines is 1. The Labute approximate surface area is 145 Å². The molecule has 7 heteroatoms. The number of hydrogen-bond acceptors (Lipinski definition) is 3. The molecule has 0 saturated carbocycles. The van der Waals surface area contributed by atoms with Gasteiger partial charge < -0.3 is 5.32 Å². The predicted molar refractivity (Wildman–Crippen MR) is 93.0 cm³/mol. The molecule has 3 rings (SSSR count). The van der Waals surface area contributed by atoms with Gasteiger partial charge in [0.2, 0.25) is 5.91 Å². The molecule has 3 aromatic rings. The van der Waals surface area contributed by atoms with Crippen LogP contribution in [0.3, 0.4) is 0 Å². The second kappa shape index (κ2) is 7.31. The highest BCUT2D eigenvalue weighted by Gasteiger charge is 2.05. The van der Waals surface area contributed by atoms with Gasteiger partial charge in [-0.2, -0.15) is 10.2 Å². The zero-order chi connectivity index (χ0) is 16.9. The maximum Gasteiger partial charge on any atom is 0.226 e. The summed E-state index contributed by atoms with van der Waals surface area (Å²) in [5.74, 6) is -0.0394. The number of nitrogens with one attached hydrogen (secondary N) is 1. The minimum atomic E-state index is -0.0394. The summed E-state index contributed by atoms with van der Waals surface area (Å²) in [6, 6.07) is 7.70. The topological polar surface area (TPSA) is 64.7 Å². The van der Waals surface area contributed by atoms with Crippen LogP contribution in [0.5, 0.6) is 0 Å². The SMILES string of the molecule is Cc1cnn(CCC(=O)Nc2cccc(Cn3cc(Cl)cn3)c2)c1. The average Bonchev–Trinajstić information content (AvgIpc) is 3.14. The number of nitrogens with zero attached hydrogens (tertiary/aromatic N) is 4. The molecule has 24 heavy (non-hydrogen) atoms. The second-order valence-electron chi connectivity index (χ2n) is 5.64. The third-order valence-electron chi connectivity index (χ3n) is 3.49. The molecule has 2 aromatic heterocycles. The van der Waals surface area contributed by atoms with E-state index in [0.29, 0.717) is 24.5 Å². The molecular weight excluding hydrogens is 326 g/mol. The summed E-state index contributed by atoms with van der Waals surface area (Å²) >= 11 is 5.87. The first-order chi connectivity index (χ1) is 11.6. The molecule has 0 atom stereocenters. The van der Waals surface area contributed by atoms with Crippen molar-refractivity contribution in [3.05, 3.63) is 65.2 Å². The van der Waals surface area contributed by atoms with Crippen molar-refractivity contribution in [3.8, 4) is 0 Å². The third-order valence-corrected chi connectivity index (χ3v) is 3.68. The number of aromatic nitrogens is 4. The van der Waals surface area contributed by atoms with Crippen molar-refractivity contribution in [2.45, 2.75) is 26.4 Å². The van der Waals surface area contributed by atoms with Crippen molar-refractivity contribution in [2.75, 3.05) is 5.32 Å². The van der Waals surface area contributed by atoms with E-state index in [2.05, 4.69) is 15.5 Å². The Morgan fingerprint density at radius 2 is 2.04 bits per heavy atom. The lowest BCUT2D eigenvalue weighted by Gasteiger charge is -2.08. The zero-order valence-electron chi connectivity index (χ0n) is 13.3. The van der Waals surface area contributed by atoms with Gasteiger partial charge in [0.25, 0.3) is 0 Å². The van der Waals surface area contributed by atoms with Gasteiger partial charge in [0, 0.05) is 31.0 Å². The van der Waals surface area contributed by atoms with Crippen molar-refractivity contribution in [1.29, 1.82) is 0 Å². The molecule has 0 saturated heterocycles. The van der Waals surface area contributed by atoms with Crippen molar-refractivity contribution >= 4 is 23.2 Å². The van der Waals surface area contributed by atoms with E-state index in [4.69, 9.17) is 11.6 Å². The van der Waals surface area contributed by atoms with Crippen LogP contribution < -0.4 is 5.32 Å². The molecule has 1 amide bonds. The van der Waals surface area contributed by atoms with Gasteiger partial charge >= 0.3 is 0 Å². The van der Waals surface area contributed by atoms with Crippen LogP contribution in [0, 0.1) is 6.92 Å². The van der Waals surface area contributed by atoms with Gasteiger partial charge in [0.1, 0.15) is 0 Å². The molecule has 124 valence electrons. The minimum Gasteiger partial charge on any atom is -0.326 e. The molecule has 2 heterocycles. The number of carbonyl (C=O) groups is 1. The zero-order valence-corrected chi connectivity index (χ0v) is 14.1. The van der Waals surface area contributed by atoms with E-state index in [1.165, 1.54) is 0 Å². The van der Waals surface area contributed by atoms with Gasteiger partial charge in [0.05, 0.1) is 24.0 Å². The van der Waals surface area contributed by atoms with Crippen LogP contribution in [0.15, 0.2) is 49.1 Å². The van der Waals surface area contributed by atoms with Crippen molar-refractivity contribution < 1.29 is 4.79 Å². The van der Waals surface area contributed by atoms with Gasteiger partial charge in [-0.05, 0) is 30.2 Å². The molecule has 0 unspecified atom stereocenters. The standard InChI is InChI=1S/C17H18ClN5O/c1-13-8-19-22(10-13)6-5-17(24)21-16-4-2-3-14(7-16)11-23-12-15(18)9-20-23/h2-4,7-10,12H,5-6,11H2,1H3,(H,21,24). The van der Waals surface area contributed by atoms with E-state index in [9.17, 15) is 4.79 Å². The van der Waals surface area contributed by atoms with Crippen molar-refractivity contribution in [2.24, 2.45) is 0 Å². The van der Waals surface area contributed by atoms with Crippen LogP contribution >= 0.6 is 11.6 Å². The van der Waals surface area contributed by atoms with Crippen molar-refractivity contribution in [3.63, 3.8) is 0 Å². The highest BCUT2D eigenvalue weighted by molar-refractivity contribution is 6.30. The van der Waals surface area contributed by atoms with E-state index in [0.717, 1.165) is 16.8 Å². The van der Waals surface area contributed by atoms with E-state index >= 15 is 0 Å². The summed E-state index contributed by atoms with van der Waals surface area (Å²) in [7, 11) is 0. The molecule has 0 aliphatic rings. The minimum absolute atomic E-state index is 0.0394. The van der Waals surface area contributed by atoms with Gasteiger partial charge in [-0.25, -0.2) is 0 Å². The lowest BCUT2D eigenvalue weighted by molar-refractivity contribution is -0.116. The molecular formula is C17H18ClN5O. The number of halogens is 1. The Hall–Kier alpha value is -2.60. The Morgan fingerprint density at radius 1 is 1.21 bits per heavy atom. The quantitative estimate of drug-likeness (QED) is 0.748. The number of hydrogen-bond donors (Lipinski definition) is 1. The van der Waals surface area contributed by atoms with Crippen molar-refractivity contribution in [1.82, 2.24) is 19.6 Å². The molecule has 0 aliphatic heterocycles. The summed E-state index contributed by atoms with van der Waals surface area (Å²) in [6.07, 6.45) is 7.44. The van der Waals surface area contributed by atoms with E-state index in [-0.39, 0.29) is 5.91 Å². The molecule has 6 nitrogen and oxygen atoms in total.